The van der Waals surface area contributed by atoms with Gasteiger partial charge in [-0.25, -0.2) is 0 Å². The quantitative estimate of drug-likeness (QED) is 0.814. The van der Waals surface area contributed by atoms with Crippen molar-refractivity contribution in [3.05, 3.63) is 47.0 Å². The molecule has 25 heavy (non-hydrogen) atoms. The highest BCUT2D eigenvalue weighted by atomic mass is 35.5. The van der Waals surface area contributed by atoms with Gasteiger partial charge in [-0.1, -0.05) is 24.6 Å². The van der Waals surface area contributed by atoms with Crippen LogP contribution in [0.2, 0.25) is 5.02 Å². The van der Waals surface area contributed by atoms with E-state index in [4.69, 9.17) is 22.1 Å². The third kappa shape index (κ3) is 3.82. The maximum Gasteiger partial charge on any atom is 0.243 e. The minimum absolute atomic E-state index is 0.0526. The summed E-state index contributed by atoms with van der Waals surface area (Å²) in [5.41, 5.74) is 8.99. The highest BCUT2D eigenvalue weighted by Crippen LogP contribution is 2.35. The summed E-state index contributed by atoms with van der Waals surface area (Å²) in [6.45, 7) is 4.83. The van der Waals surface area contributed by atoms with Gasteiger partial charge in [0.05, 0.1) is 18.8 Å². The van der Waals surface area contributed by atoms with Crippen molar-refractivity contribution in [1.29, 1.82) is 0 Å². The second-order valence-electron chi connectivity index (χ2n) is 6.22. The van der Waals surface area contributed by atoms with Gasteiger partial charge in [-0.05, 0) is 49.2 Å². The largest absolute Gasteiger partial charge is 0.486 e. The minimum Gasteiger partial charge on any atom is -0.486 e. The van der Waals surface area contributed by atoms with Crippen molar-refractivity contribution < 1.29 is 9.53 Å². The Kier molecular flexibility index (Phi) is 5.04. The van der Waals surface area contributed by atoms with E-state index in [9.17, 15) is 4.79 Å². The van der Waals surface area contributed by atoms with Gasteiger partial charge in [-0.15, -0.1) is 0 Å². The Balaban J connectivity index is 1.78. The van der Waals surface area contributed by atoms with Crippen LogP contribution in [-0.2, 0) is 4.79 Å². The number of ether oxygens (including phenoxy) is 1. The number of halogens is 1. The lowest BCUT2D eigenvalue weighted by atomic mass is 10.1. The van der Waals surface area contributed by atoms with E-state index in [1.165, 1.54) is 0 Å². The fourth-order valence-electron chi connectivity index (χ4n) is 2.91. The van der Waals surface area contributed by atoms with Crippen LogP contribution in [0, 0.1) is 6.92 Å². The van der Waals surface area contributed by atoms with Crippen LogP contribution in [0.25, 0.3) is 0 Å². The van der Waals surface area contributed by atoms with Gasteiger partial charge >= 0.3 is 0 Å². The van der Waals surface area contributed by atoms with E-state index in [0.29, 0.717) is 17.3 Å². The van der Waals surface area contributed by atoms with Gasteiger partial charge in [0.15, 0.2) is 0 Å². The van der Waals surface area contributed by atoms with Crippen LogP contribution in [0.1, 0.15) is 18.9 Å². The molecule has 1 aliphatic heterocycles. The zero-order valence-corrected chi connectivity index (χ0v) is 15.1. The van der Waals surface area contributed by atoms with Crippen LogP contribution in [0.3, 0.4) is 0 Å². The zero-order valence-electron chi connectivity index (χ0n) is 14.4. The summed E-state index contributed by atoms with van der Waals surface area (Å²) in [6, 6.07) is 11.0. The molecule has 0 fully saturated rings. The lowest BCUT2D eigenvalue weighted by Gasteiger charge is -2.35. The number of rotatable bonds is 4. The highest BCUT2D eigenvalue weighted by Gasteiger charge is 2.26. The molecule has 3 N–H and O–H groups in total. The Morgan fingerprint density at radius 2 is 2.20 bits per heavy atom. The predicted molar refractivity (Wildman–Crippen MR) is 103 cm³/mol. The van der Waals surface area contributed by atoms with Crippen LogP contribution < -0.4 is 20.7 Å². The molecule has 1 unspecified atom stereocenters. The summed E-state index contributed by atoms with van der Waals surface area (Å²) in [5.74, 6) is 0.662. The zero-order chi connectivity index (χ0) is 18.0. The first-order valence-electron chi connectivity index (χ1n) is 8.34. The lowest BCUT2D eigenvalue weighted by molar-refractivity contribution is -0.115. The van der Waals surface area contributed by atoms with Crippen LogP contribution in [0.4, 0.5) is 17.1 Å². The van der Waals surface area contributed by atoms with Gasteiger partial charge in [0.2, 0.25) is 5.91 Å². The van der Waals surface area contributed by atoms with Crippen LogP contribution in [0.5, 0.6) is 5.75 Å². The smallest absolute Gasteiger partial charge is 0.243 e. The van der Waals surface area contributed by atoms with Crippen molar-refractivity contribution in [3.63, 3.8) is 0 Å². The predicted octanol–water partition coefficient (Wildman–Crippen LogP) is 3.85. The molecule has 0 aliphatic carbocycles. The molecule has 1 amide bonds. The summed E-state index contributed by atoms with van der Waals surface area (Å²) < 4.78 is 5.95. The molecular formula is C19H22ClN3O2. The first kappa shape index (κ1) is 17.4. The maximum atomic E-state index is 12.6. The van der Waals surface area contributed by atoms with E-state index in [1.807, 2.05) is 42.2 Å². The molecule has 0 aromatic heterocycles. The Morgan fingerprint density at radius 3 is 2.96 bits per heavy atom. The number of hydrogen-bond acceptors (Lipinski definition) is 4. The molecular weight excluding hydrogens is 338 g/mol. The van der Waals surface area contributed by atoms with Crippen LogP contribution >= 0.6 is 11.6 Å². The second-order valence-corrected chi connectivity index (χ2v) is 6.62. The molecule has 6 heteroatoms. The monoisotopic (exact) mass is 359 g/mol. The Morgan fingerprint density at radius 1 is 1.40 bits per heavy atom. The summed E-state index contributed by atoms with van der Waals surface area (Å²) in [6.07, 6.45) is 0.923. The standard InChI is InChI=1S/C19H22ClN3O2/c1-3-14-10-23(17-9-13(21)7-8-18(17)25-14)11-19(24)22-16-6-4-5-15(20)12(16)2/h4-9,14H,3,10-11,21H2,1-2H3,(H,22,24). The van der Waals surface area contributed by atoms with Crippen molar-refractivity contribution in [2.45, 2.75) is 26.4 Å². The average molecular weight is 360 g/mol. The third-order valence-electron chi connectivity index (χ3n) is 4.37. The first-order valence-corrected chi connectivity index (χ1v) is 8.71. The van der Waals surface area contributed by atoms with E-state index < -0.39 is 0 Å². The molecule has 0 spiro atoms. The highest BCUT2D eigenvalue weighted by molar-refractivity contribution is 6.31. The number of amides is 1. The first-order chi connectivity index (χ1) is 12.0. The maximum absolute atomic E-state index is 12.6. The summed E-state index contributed by atoms with van der Waals surface area (Å²) in [5, 5.41) is 3.57. The molecule has 1 heterocycles. The van der Waals surface area contributed by atoms with E-state index >= 15 is 0 Å². The SMILES string of the molecule is CCC1CN(CC(=O)Nc2cccc(Cl)c2C)c2cc(N)ccc2O1. The van der Waals surface area contributed by atoms with Gasteiger partial charge in [-0.2, -0.15) is 0 Å². The number of nitrogens with one attached hydrogen (secondary N) is 1. The topological polar surface area (TPSA) is 67.6 Å². The van der Waals surface area contributed by atoms with Crippen LogP contribution in [0.15, 0.2) is 36.4 Å². The molecule has 5 nitrogen and oxygen atoms in total. The molecule has 2 aromatic rings. The van der Waals surface area contributed by atoms with Gasteiger partial charge in [0, 0.05) is 16.4 Å². The number of nitrogens with zero attached hydrogens (tertiary/aromatic N) is 1. The normalized spacial score (nSPS) is 16.1. The van der Waals surface area contributed by atoms with Gasteiger partial charge in [0.1, 0.15) is 11.9 Å². The molecule has 0 bridgehead atoms. The number of nitrogen functional groups attached to an aromatic ring is 1. The van der Waals surface area contributed by atoms with Crippen LogP contribution in [-0.4, -0.2) is 25.1 Å². The number of nitrogens with two attached hydrogens (primary N) is 1. The summed E-state index contributed by atoms with van der Waals surface area (Å²) >= 11 is 6.12. The Hall–Kier alpha value is -2.40. The fourth-order valence-corrected chi connectivity index (χ4v) is 3.08. The molecule has 0 saturated carbocycles. The van der Waals surface area contributed by atoms with Crippen molar-refractivity contribution in [3.8, 4) is 5.75 Å². The Bertz CT molecular complexity index is 794. The number of anilines is 3. The molecule has 1 aliphatic rings. The van der Waals surface area contributed by atoms with E-state index in [0.717, 1.165) is 29.1 Å². The third-order valence-corrected chi connectivity index (χ3v) is 4.78. The van der Waals surface area contributed by atoms with Gasteiger partial charge in [-0.3, -0.25) is 4.79 Å². The summed E-state index contributed by atoms with van der Waals surface area (Å²) in [7, 11) is 0. The van der Waals surface area contributed by atoms with Crippen molar-refractivity contribution in [2.24, 2.45) is 0 Å². The fraction of sp³-hybridized carbons (Fsp3) is 0.316. The van der Waals surface area contributed by atoms with E-state index in [2.05, 4.69) is 12.2 Å². The van der Waals surface area contributed by atoms with Crippen molar-refractivity contribution in [2.75, 3.05) is 29.0 Å². The van der Waals surface area contributed by atoms with Gasteiger partial charge in [0.25, 0.3) is 0 Å². The van der Waals surface area contributed by atoms with Crippen molar-refractivity contribution >= 4 is 34.6 Å². The van der Waals surface area contributed by atoms with E-state index in [-0.39, 0.29) is 18.6 Å². The molecule has 0 saturated heterocycles. The number of benzene rings is 2. The second kappa shape index (κ2) is 7.23. The number of carbonyl (C=O) groups is 1. The molecule has 2 aromatic carbocycles. The average Bonchev–Trinajstić information content (AvgIpc) is 2.59. The Labute approximate surface area is 152 Å². The van der Waals surface area contributed by atoms with E-state index in [1.54, 1.807) is 6.07 Å². The lowest BCUT2D eigenvalue weighted by Crippen LogP contribution is -2.43. The number of carbonyl (C=O) groups excluding carboxylic acids is 1. The van der Waals surface area contributed by atoms with Gasteiger partial charge < -0.3 is 20.7 Å². The van der Waals surface area contributed by atoms with Crippen molar-refractivity contribution in [1.82, 2.24) is 0 Å². The molecule has 1 atom stereocenters. The minimum atomic E-state index is -0.101. The number of fused-ring (bicyclic) bond motifs is 1. The molecule has 0 radical (unpaired) electrons. The number of hydrogen-bond donors (Lipinski definition) is 2. The molecule has 132 valence electrons. The summed E-state index contributed by atoms with van der Waals surface area (Å²) in [4.78, 5) is 14.6. The molecule has 3 rings (SSSR count).